The van der Waals surface area contributed by atoms with Gasteiger partial charge in [-0.25, -0.2) is 0 Å². The summed E-state index contributed by atoms with van der Waals surface area (Å²) in [5.74, 6) is 1.77. The standard InChI is InChI=1S/C17H24N2O4/c1-21-13-5-6-15(22-2)14(12-13)18-7-9-19(10-8-18)17(20)16-4-3-11-23-16/h5-6,12,16H,3-4,7-11H2,1-2H3. The van der Waals surface area contributed by atoms with Crippen molar-refractivity contribution in [2.75, 3.05) is 51.9 Å². The maximum atomic E-state index is 12.4. The van der Waals surface area contributed by atoms with Gasteiger partial charge in [-0.1, -0.05) is 0 Å². The number of carbonyl (C=O) groups is 1. The Morgan fingerprint density at radius 3 is 2.57 bits per heavy atom. The van der Waals surface area contributed by atoms with Crippen LogP contribution in [-0.2, 0) is 9.53 Å². The number of amides is 1. The van der Waals surface area contributed by atoms with E-state index in [2.05, 4.69) is 4.90 Å². The largest absolute Gasteiger partial charge is 0.497 e. The van der Waals surface area contributed by atoms with E-state index in [-0.39, 0.29) is 12.0 Å². The first-order valence-corrected chi connectivity index (χ1v) is 8.10. The summed E-state index contributed by atoms with van der Waals surface area (Å²) >= 11 is 0. The summed E-state index contributed by atoms with van der Waals surface area (Å²) in [7, 11) is 3.33. The number of carbonyl (C=O) groups excluding carboxylic acids is 1. The van der Waals surface area contributed by atoms with Crippen molar-refractivity contribution >= 4 is 11.6 Å². The van der Waals surface area contributed by atoms with Crippen molar-refractivity contribution in [2.24, 2.45) is 0 Å². The van der Waals surface area contributed by atoms with Crippen LogP contribution in [-0.4, -0.2) is 63.9 Å². The molecule has 0 saturated carbocycles. The van der Waals surface area contributed by atoms with Crippen LogP contribution in [0.3, 0.4) is 0 Å². The first-order chi connectivity index (χ1) is 11.2. The van der Waals surface area contributed by atoms with E-state index in [0.29, 0.717) is 19.7 Å². The van der Waals surface area contributed by atoms with Gasteiger partial charge in [-0.05, 0) is 25.0 Å². The highest BCUT2D eigenvalue weighted by Gasteiger charge is 2.30. The van der Waals surface area contributed by atoms with Crippen LogP contribution in [0, 0.1) is 0 Å². The summed E-state index contributed by atoms with van der Waals surface area (Å²) in [5.41, 5.74) is 1.01. The number of anilines is 1. The Morgan fingerprint density at radius 1 is 1.17 bits per heavy atom. The van der Waals surface area contributed by atoms with E-state index in [0.717, 1.165) is 43.1 Å². The lowest BCUT2D eigenvalue weighted by Gasteiger charge is -2.37. The van der Waals surface area contributed by atoms with Gasteiger partial charge in [0.1, 0.15) is 17.6 Å². The van der Waals surface area contributed by atoms with Gasteiger partial charge in [-0.2, -0.15) is 0 Å². The molecular formula is C17H24N2O4. The summed E-state index contributed by atoms with van der Waals surface area (Å²) in [6.45, 7) is 3.68. The van der Waals surface area contributed by atoms with Crippen LogP contribution in [0.5, 0.6) is 11.5 Å². The molecule has 0 bridgehead atoms. The van der Waals surface area contributed by atoms with Crippen molar-refractivity contribution in [3.8, 4) is 11.5 Å². The Balaban J connectivity index is 1.65. The van der Waals surface area contributed by atoms with Crippen molar-refractivity contribution < 1.29 is 19.0 Å². The molecule has 1 aromatic rings. The number of piperazine rings is 1. The molecular weight excluding hydrogens is 296 g/mol. The summed E-state index contributed by atoms with van der Waals surface area (Å²) in [5, 5.41) is 0. The Morgan fingerprint density at radius 2 is 1.96 bits per heavy atom. The molecule has 1 unspecified atom stereocenters. The van der Waals surface area contributed by atoms with Gasteiger partial charge in [0.05, 0.1) is 19.9 Å². The number of methoxy groups -OCH3 is 2. The molecule has 126 valence electrons. The van der Waals surface area contributed by atoms with Gasteiger partial charge in [0.25, 0.3) is 5.91 Å². The van der Waals surface area contributed by atoms with Crippen molar-refractivity contribution in [1.82, 2.24) is 4.90 Å². The third-order valence-electron chi connectivity index (χ3n) is 4.52. The minimum Gasteiger partial charge on any atom is -0.497 e. The normalized spacial score (nSPS) is 21.4. The number of hydrogen-bond acceptors (Lipinski definition) is 5. The highest BCUT2D eigenvalue weighted by atomic mass is 16.5. The van der Waals surface area contributed by atoms with E-state index < -0.39 is 0 Å². The van der Waals surface area contributed by atoms with Gasteiger partial charge >= 0.3 is 0 Å². The fourth-order valence-corrected chi connectivity index (χ4v) is 3.19. The van der Waals surface area contributed by atoms with E-state index >= 15 is 0 Å². The van der Waals surface area contributed by atoms with Gasteiger partial charge < -0.3 is 24.0 Å². The molecule has 1 amide bonds. The molecule has 0 aliphatic carbocycles. The molecule has 1 aromatic carbocycles. The smallest absolute Gasteiger partial charge is 0.251 e. The first kappa shape index (κ1) is 15.9. The van der Waals surface area contributed by atoms with Crippen LogP contribution in [0.4, 0.5) is 5.69 Å². The fraction of sp³-hybridized carbons (Fsp3) is 0.588. The average molecular weight is 320 g/mol. The zero-order valence-electron chi connectivity index (χ0n) is 13.8. The highest BCUT2D eigenvalue weighted by Crippen LogP contribution is 2.33. The first-order valence-electron chi connectivity index (χ1n) is 8.10. The third kappa shape index (κ3) is 3.37. The number of benzene rings is 1. The summed E-state index contributed by atoms with van der Waals surface area (Å²) < 4.78 is 16.3. The molecule has 0 spiro atoms. The van der Waals surface area contributed by atoms with E-state index in [4.69, 9.17) is 14.2 Å². The molecule has 2 aliphatic heterocycles. The van der Waals surface area contributed by atoms with Crippen LogP contribution >= 0.6 is 0 Å². The number of ether oxygens (including phenoxy) is 3. The topological polar surface area (TPSA) is 51.2 Å². The van der Waals surface area contributed by atoms with Gasteiger partial charge in [0.15, 0.2) is 0 Å². The quantitative estimate of drug-likeness (QED) is 0.842. The molecule has 6 heteroatoms. The minimum absolute atomic E-state index is 0.139. The number of nitrogens with zero attached hydrogens (tertiary/aromatic N) is 2. The van der Waals surface area contributed by atoms with Crippen molar-refractivity contribution in [3.05, 3.63) is 18.2 Å². The molecule has 6 nitrogen and oxygen atoms in total. The second kappa shape index (κ2) is 7.08. The summed E-state index contributed by atoms with van der Waals surface area (Å²) in [4.78, 5) is 16.6. The number of rotatable bonds is 4. The van der Waals surface area contributed by atoms with Crippen molar-refractivity contribution in [2.45, 2.75) is 18.9 Å². The third-order valence-corrected chi connectivity index (χ3v) is 4.52. The molecule has 0 radical (unpaired) electrons. The van der Waals surface area contributed by atoms with Gasteiger partial charge in [0, 0.05) is 38.9 Å². The van der Waals surface area contributed by atoms with Crippen LogP contribution in [0.25, 0.3) is 0 Å². The molecule has 23 heavy (non-hydrogen) atoms. The lowest BCUT2D eigenvalue weighted by atomic mass is 10.2. The number of hydrogen-bond donors (Lipinski definition) is 0. The van der Waals surface area contributed by atoms with E-state index in [1.54, 1.807) is 14.2 Å². The molecule has 0 N–H and O–H groups in total. The van der Waals surface area contributed by atoms with E-state index in [1.807, 2.05) is 23.1 Å². The molecule has 0 aromatic heterocycles. The molecule has 2 fully saturated rings. The van der Waals surface area contributed by atoms with E-state index in [9.17, 15) is 4.79 Å². The lowest BCUT2D eigenvalue weighted by Crippen LogP contribution is -2.51. The lowest BCUT2D eigenvalue weighted by molar-refractivity contribution is -0.141. The molecule has 2 heterocycles. The maximum Gasteiger partial charge on any atom is 0.251 e. The Bertz CT molecular complexity index is 550. The SMILES string of the molecule is COc1ccc(OC)c(N2CCN(C(=O)C3CCCO3)CC2)c1. The van der Waals surface area contributed by atoms with Crippen LogP contribution in [0.2, 0.25) is 0 Å². The van der Waals surface area contributed by atoms with Gasteiger partial charge in [0.2, 0.25) is 0 Å². The predicted octanol–water partition coefficient (Wildman–Crippen LogP) is 1.53. The Labute approximate surface area is 136 Å². The van der Waals surface area contributed by atoms with Crippen LogP contribution in [0.1, 0.15) is 12.8 Å². The van der Waals surface area contributed by atoms with Gasteiger partial charge in [-0.3, -0.25) is 4.79 Å². The van der Waals surface area contributed by atoms with E-state index in [1.165, 1.54) is 0 Å². The average Bonchev–Trinajstić information content (AvgIpc) is 3.15. The fourth-order valence-electron chi connectivity index (χ4n) is 3.19. The van der Waals surface area contributed by atoms with Crippen LogP contribution in [0.15, 0.2) is 18.2 Å². The Hall–Kier alpha value is -1.95. The second-order valence-electron chi connectivity index (χ2n) is 5.85. The summed E-state index contributed by atoms with van der Waals surface area (Å²) in [6.07, 6.45) is 1.60. The van der Waals surface area contributed by atoms with Crippen molar-refractivity contribution in [3.63, 3.8) is 0 Å². The molecule has 3 rings (SSSR count). The zero-order chi connectivity index (χ0) is 16.2. The molecule has 1 atom stereocenters. The Kier molecular flexibility index (Phi) is 4.91. The van der Waals surface area contributed by atoms with Crippen LogP contribution < -0.4 is 14.4 Å². The monoisotopic (exact) mass is 320 g/mol. The second-order valence-corrected chi connectivity index (χ2v) is 5.85. The van der Waals surface area contributed by atoms with Crippen molar-refractivity contribution in [1.29, 1.82) is 0 Å². The predicted molar refractivity (Wildman–Crippen MR) is 87.3 cm³/mol. The maximum absolute atomic E-state index is 12.4. The van der Waals surface area contributed by atoms with Gasteiger partial charge in [-0.15, -0.1) is 0 Å². The minimum atomic E-state index is -0.229. The zero-order valence-corrected chi connectivity index (χ0v) is 13.8. The molecule has 2 saturated heterocycles. The highest BCUT2D eigenvalue weighted by molar-refractivity contribution is 5.81. The summed E-state index contributed by atoms with van der Waals surface area (Å²) in [6, 6.07) is 5.79. The molecule has 2 aliphatic rings.